The lowest BCUT2D eigenvalue weighted by atomic mass is 10.1. The molecule has 1 aromatic heterocycles. The Morgan fingerprint density at radius 2 is 2.28 bits per heavy atom. The maximum absolute atomic E-state index is 11.7. The number of nitrogens with one attached hydrogen (secondary N) is 2. The minimum absolute atomic E-state index is 0. The maximum Gasteiger partial charge on any atom is 0.237 e. The average Bonchev–Trinajstić information content (AvgIpc) is 2.64. The molecule has 104 valence electrons. The van der Waals surface area contributed by atoms with Crippen molar-refractivity contribution in [2.24, 2.45) is 5.73 Å². The molecule has 0 aliphatic rings. The van der Waals surface area contributed by atoms with Gasteiger partial charge in [-0.25, -0.2) is 0 Å². The van der Waals surface area contributed by atoms with E-state index in [1.165, 1.54) is 0 Å². The summed E-state index contributed by atoms with van der Waals surface area (Å²) in [6.45, 7) is 5.93. The number of H-pyrrole nitrogens is 1. The van der Waals surface area contributed by atoms with E-state index in [1.807, 2.05) is 26.8 Å². The lowest BCUT2D eigenvalue weighted by Crippen LogP contribution is -2.45. The molecule has 0 radical (unpaired) electrons. The van der Waals surface area contributed by atoms with Gasteiger partial charge in [-0.1, -0.05) is 13.3 Å². The first kappa shape index (κ1) is 16.9. The van der Waals surface area contributed by atoms with Crippen molar-refractivity contribution >= 4 is 18.3 Å². The number of carbonyl (C=O) groups is 1. The minimum atomic E-state index is -0.400. The molecule has 0 bridgehead atoms. The predicted molar refractivity (Wildman–Crippen MR) is 74.8 cm³/mol. The Labute approximate surface area is 114 Å². The van der Waals surface area contributed by atoms with Crippen LogP contribution in [0.2, 0.25) is 0 Å². The number of rotatable bonds is 6. The van der Waals surface area contributed by atoms with Crippen LogP contribution in [0.5, 0.6) is 0 Å². The number of hydrogen-bond acceptors (Lipinski definition) is 3. The Kier molecular flexibility index (Phi) is 7.62. The summed E-state index contributed by atoms with van der Waals surface area (Å²) in [5, 5.41) is 9.92. The van der Waals surface area contributed by atoms with Gasteiger partial charge >= 0.3 is 0 Å². The van der Waals surface area contributed by atoms with Crippen LogP contribution in [-0.4, -0.2) is 28.2 Å². The van der Waals surface area contributed by atoms with Crippen LogP contribution < -0.4 is 11.1 Å². The van der Waals surface area contributed by atoms with Gasteiger partial charge in [0, 0.05) is 18.2 Å². The van der Waals surface area contributed by atoms with E-state index in [9.17, 15) is 4.79 Å². The van der Waals surface area contributed by atoms with E-state index in [1.54, 1.807) is 0 Å². The average molecular weight is 275 g/mol. The van der Waals surface area contributed by atoms with Crippen molar-refractivity contribution in [3.05, 3.63) is 17.5 Å². The fraction of sp³-hybridized carbons (Fsp3) is 0.667. The highest BCUT2D eigenvalue weighted by Gasteiger charge is 2.15. The van der Waals surface area contributed by atoms with Crippen molar-refractivity contribution in [2.75, 3.05) is 0 Å². The molecule has 4 N–H and O–H groups in total. The number of hydrogen-bond donors (Lipinski definition) is 3. The minimum Gasteiger partial charge on any atom is -0.352 e. The molecule has 0 aromatic carbocycles. The summed E-state index contributed by atoms with van der Waals surface area (Å²) in [5.74, 6) is -0.0772. The number of nitrogens with zero attached hydrogens (tertiary/aromatic N) is 1. The topological polar surface area (TPSA) is 83.8 Å². The van der Waals surface area contributed by atoms with E-state index < -0.39 is 6.04 Å². The number of nitrogens with two attached hydrogens (primary N) is 1. The van der Waals surface area contributed by atoms with Gasteiger partial charge in [-0.3, -0.25) is 9.89 Å². The fourth-order valence-corrected chi connectivity index (χ4v) is 1.74. The molecule has 0 saturated heterocycles. The number of aryl methyl sites for hydroxylation is 1. The summed E-state index contributed by atoms with van der Waals surface area (Å²) in [4.78, 5) is 11.7. The Bertz CT molecular complexity index is 367. The van der Waals surface area contributed by atoms with E-state index in [4.69, 9.17) is 5.73 Å². The van der Waals surface area contributed by atoms with Crippen LogP contribution in [0.4, 0.5) is 0 Å². The highest BCUT2D eigenvalue weighted by atomic mass is 35.5. The van der Waals surface area contributed by atoms with Gasteiger partial charge in [-0.15, -0.1) is 12.4 Å². The van der Waals surface area contributed by atoms with E-state index >= 15 is 0 Å². The highest BCUT2D eigenvalue weighted by Crippen LogP contribution is 2.02. The molecule has 1 amide bonds. The van der Waals surface area contributed by atoms with Crippen LogP contribution in [0.15, 0.2) is 6.07 Å². The van der Waals surface area contributed by atoms with E-state index in [0.29, 0.717) is 0 Å². The molecular weight excluding hydrogens is 252 g/mol. The standard InChI is InChI=1S/C12H22N4O.ClH/c1-4-5-11(13)12(17)14-8(2)6-10-7-9(3)15-16-10;/h7-8,11H,4-6,13H2,1-3H3,(H,14,17)(H,15,16);1H. The predicted octanol–water partition coefficient (Wildman–Crippen LogP) is 1.31. The van der Waals surface area contributed by atoms with Crippen LogP contribution in [-0.2, 0) is 11.2 Å². The van der Waals surface area contributed by atoms with Crippen molar-refractivity contribution in [3.63, 3.8) is 0 Å². The van der Waals surface area contributed by atoms with Gasteiger partial charge < -0.3 is 11.1 Å². The molecule has 0 spiro atoms. The summed E-state index contributed by atoms with van der Waals surface area (Å²) in [6, 6.07) is 1.63. The third kappa shape index (κ3) is 5.51. The van der Waals surface area contributed by atoms with Gasteiger partial charge in [0.2, 0.25) is 5.91 Å². The zero-order valence-electron chi connectivity index (χ0n) is 11.2. The van der Waals surface area contributed by atoms with Gasteiger partial charge in [-0.05, 0) is 26.3 Å². The van der Waals surface area contributed by atoms with Gasteiger partial charge in [0.25, 0.3) is 0 Å². The normalized spacial score (nSPS) is 13.6. The first-order valence-corrected chi connectivity index (χ1v) is 6.09. The first-order chi connectivity index (χ1) is 8.02. The molecule has 6 heteroatoms. The Balaban J connectivity index is 0.00000289. The van der Waals surface area contributed by atoms with E-state index in [-0.39, 0.29) is 24.4 Å². The molecule has 18 heavy (non-hydrogen) atoms. The van der Waals surface area contributed by atoms with E-state index in [2.05, 4.69) is 15.5 Å². The molecule has 1 aromatic rings. The van der Waals surface area contributed by atoms with Crippen LogP contribution in [0.3, 0.4) is 0 Å². The number of carbonyl (C=O) groups excluding carboxylic acids is 1. The molecule has 0 aliphatic heterocycles. The van der Waals surface area contributed by atoms with E-state index in [0.717, 1.165) is 30.7 Å². The lowest BCUT2D eigenvalue weighted by molar-refractivity contribution is -0.123. The van der Waals surface area contributed by atoms with Crippen molar-refractivity contribution in [1.82, 2.24) is 15.5 Å². The van der Waals surface area contributed by atoms with Gasteiger partial charge in [0.1, 0.15) is 0 Å². The smallest absolute Gasteiger partial charge is 0.237 e. The van der Waals surface area contributed by atoms with Crippen molar-refractivity contribution in [1.29, 1.82) is 0 Å². The fourth-order valence-electron chi connectivity index (χ4n) is 1.74. The Morgan fingerprint density at radius 3 is 2.78 bits per heavy atom. The molecule has 0 saturated carbocycles. The summed E-state index contributed by atoms with van der Waals surface area (Å²) >= 11 is 0. The van der Waals surface area contributed by atoms with Gasteiger partial charge in [0.05, 0.1) is 11.7 Å². The highest BCUT2D eigenvalue weighted by molar-refractivity contribution is 5.85. The van der Waals surface area contributed by atoms with Crippen molar-refractivity contribution in [2.45, 2.75) is 52.1 Å². The summed E-state index contributed by atoms with van der Waals surface area (Å²) in [6.07, 6.45) is 2.36. The summed E-state index contributed by atoms with van der Waals surface area (Å²) in [5.41, 5.74) is 7.73. The number of aromatic nitrogens is 2. The van der Waals surface area contributed by atoms with Gasteiger partial charge in [0.15, 0.2) is 0 Å². The Morgan fingerprint density at radius 1 is 1.61 bits per heavy atom. The number of aromatic amines is 1. The summed E-state index contributed by atoms with van der Waals surface area (Å²) < 4.78 is 0. The SMILES string of the molecule is CCCC(N)C(=O)NC(C)Cc1cc(C)[nH]n1.Cl. The molecule has 1 rings (SSSR count). The number of amides is 1. The zero-order chi connectivity index (χ0) is 12.8. The molecule has 2 unspecified atom stereocenters. The van der Waals surface area contributed by atoms with Crippen LogP contribution in [0.1, 0.15) is 38.1 Å². The monoisotopic (exact) mass is 274 g/mol. The Hall–Kier alpha value is -1.07. The zero-order valence-corrected chi connectivity index (χ0v) is 12.0. The molecule has 1 heterocycles. The third-order valence-electron chi connectivity index (χ3n) is 2.60. The number of halogens is 1. The maximum atomic E-state index is 11.7. The van der Waals surface area contributed by atoms with Crippen molar-refractivity contribution < 1.29 is 4.79 Å². The molecule has 0 fully saturated rings. The second-order valence-electron chi connectivity index (χ2n) is 4.55. The molecule has 2 atom stereocenters. The molecule has 0 aliphatic carbocycles. The first-order valence-electron chi connectivity index (χ1n) is 6.09. The van der Waals surface area contributed by atoms with Crippen molar-refractivity contribution in [3.8, 4) is 0 Å². The van der Waals surface area contributed by atoms with Crippen LogP contribution >= 0.6 is 12.4 Å². The second kappa shape index (κ2) is 8.11. The van der Waals surface area contributed by atoms with Crippen LogP contribution in [0, 0.1) is 6.92 Å². The lowest BCUT2D eigenvalue weighted by Gasteiger charge is -2.16. The molecule has 5 nitrogen and oxygen atoms in total. The quantitative estimate of drug-likeness (QED) is 0.731. The van der Waals surface area contributed by atoms with Gasteiger partial charge in [-0.2, -0.15) is 5.10 Å². The van der Waals surface area contributed by atoms with Crippen LogP contribution in [0.25, 0.3) is 0 Å². The third-order valence-corrected chi connectivity index (χ3v) is 2.60. The largest absolute Gasteiger partial charge is 0.352 e. The molecular formula is C12H23ClN4O. The second-order valence-corrected chi connectivity index (χ2v) is 4.55. The summed E-state index contributed by atoms with van der Waals surface area (Å²) in [7, 11) is 0.